The van der Waals surface area contributed by atoms with Crippen LogP contribution < -0.4 is 10.1 Å². The Balaban J connectivity index is 2.06. The zero-order valence-corrected chi connectivity index (χ0v) is 11.7. The van der Waals surface area contributed by atoms with Crippen molar-refractivity contribution < 1.29 is 4.74 Å². The summed E-state index contributed by atoms with van der Waals surface area (Å²) in [6.45, 7) is 4.90. The lowest BCUT2D eigenvalue weighted by atomic mass is 10.3. The smallest absolute Gasteiger partial charge is 0.147 e. The van der Waals surface area contributed by atoms with Crippen LogP contribution in [-0.4, -0.2) is 16.0 Å². The third-order valence-corrected chi connectivity index (χ3v) is 2.60. The van der Waals surface area contributed by atoms with Crippen LogP contribution in [-0.2, 0) is 6.54 Å². The lowest BCUT2D eigenvalue weighted by Gasteiger charge is -2.09. The first-order chi connectivity index (χ1) is 9.13. The number of nitrogens with one attached hydrogen (secondary N) is 1. The van der Waals surface area contributed by atoms with E-state index in [-0.39, 0.29) is 0 Å². The Morgan fingerprint density at radius 3 is 2.84 bits per heavy atom. The molecule has 0 aliphatic heterocycles. The first-order valence-electron chi connectivity index (χ1n) is 6.10. The molecule has 0 aliphatic rings. The van der Waals surface area contributed by atoms with Gasteiger partial charge in [0.25, 0.3) is 0 Å². The van der Waals surface area contributed by atoms with Crippen LogP contribution in [0.1, 0.15) is 19.5 Å². The summed E-state index contributed by atoms with van der Waals surface area (Å²) >= 11 is 5.86. The summed E-state index contributed by atoms with van der Waals surface area (Å²) < 4.78 is 5.69. The Kier molecular flexibility index (Phi) is 4.71. The third-order valence-electron chi connectivity index (χ3n) is 2.39. The quantitative estimate of drug-likeness (QED) is 0.910. The average molecular weight is 278 g/mol. The van der Waals surface area contributed by atoms with E-state index in [4.69, 9.17) is 16.3 Å². The van der Waals surface area contributed by atoms with Crippen molar-refractivity contribution in [1.29, 1.82) is 0 Å². The van der Waals surface area contributed by atoms with Crippen molar-refractivity contribution in [1.82, 2.24) is 15.3 Å². The van der Waals surface area contributed by atoms with Gasteiger partial charge in [-0.3, -0.25) is 9.97 Å². The lowest BCUT2D eigenvalue weighted by Crippen LogP contribution is -2.22. The van der Waals surface area contributed by atoms with Gasteiger partial charge in [-0.25, -0.2) is 0 Å². The van der Waals surface area contributed by atoms with Gasteiger partial charge in [-0.15, -0.1) is 0 Å². The van der Waals surface area contributed by atoms with Crippen molar-refractivity contribution in [2.75, 3.05) is 0 Å². The maximum atomic E-state index is 5.86. The van der Waals surface area contributed by atoms with Crippen LogP contribution in [0.25, 0.3) is 0 Å². The Labute approximate surface area is 117 Å². The molecule has 2 aromatic rings. The number of hydrogen-bond acceptors (Lipinski definition) is 4. The van der Waals surface area contributed by atoms with Gasteiger partial charge >= 0.3 is 0 Å². The largest absolute Gasteiger partial charge is 0.456 e. The highest BCUT2D eigenvalue weighted by Crippen LogP contribution is 2.23. The molecule has 5 heteroatoms. The number of ether oxygens (including phenoxy) is 1. The molecule has 1 N–H and O–H groups in total. The van der Waals surface area contributed by atoms with Crippen molar-refractivity contribution in [3.05, 3.63) is 47.5 Å². The fraction of sp³-hybridized carbons (Fsp3) is 0.286. The molecule has 0 unspecified atom stereocenters. The van der Waals surface area contributed by atoms with Crippen molar-refractivity contribution in [2.24, 2.45) is 0 Å². The summed E-state index contributed by atoms with van der Waals surface area (Å²) in [4.78, 5) is 8.26. The Hall–Kier alpha value is -1.65. The highest BCUT2D eigenvalue weighted by Gasteiger charge is 2.02. The molecule has 0 aromatic carbocycles. The number of rotatable bonds is 5. The molecule has 0 fully saturated rings. The van der Waals surface area contributed by atoms with Crippen LogP contribution in [0.2, 0.25) is 5.02 Å². The van der Waals surface area contributed by atoms with E-state index in [1.807, 2.05) is 6.07 Å². The van der Waals surface area contributed by atoms with Crippen LogP contribution in [0.15, 0.2) is 36.8 Å². The minimum absolute atomic E-state index is 0.420. The molecule has 100 valence electrons. The molecule has 0 saturated heterocycles. The summed E-state index contributed by atoms with van der Waals surface area (Å²) in [5.74, 6) is 1.33. The van der Waals surface area contributed by atoms with Gasteiger partial charge < -0.3 is 10.1 Å². The maximum absolute atomic E-state index is 5.86. The molecule has 0 atom stereocenters. The topological polar surface area (TPSA) is 47.0 Å². The molecule has 0 aliphatic carbocycles. The summed E-state index contributed by atoms with van der Waals surface area (Å²) in [7, 11) is 0. The van der Waals surface area contributed by atoms with Gasteiger partial charge in [0, 0.05) is 37.1 Å². The predicted molar refractivity (Wildman–Crippen MR) is 75.5 cm³/mol. The molecular formula is C14H16ClN3O. The van der Waals surface area contributed by atoms with Gasteiger partial charge in [0.1, 0.15) is 11.5 Å². The van der Waals surface area contributed by atoms with Crippen LogP contribution in [0, 0.1) is 0 Å². The zero-order valence-electron chi connectivity index (χ0n) is 10.9. The maximum Gasteiger partial charge on any atom is 0.147 e. The van der Waals surface area contributed by atoms with E-state index in [9.17, 15) is 0 Å². The molecule has 0 amide bonds. The summed E-state index contributed by atoms with van der Waals surface area (Å²) in [6.07, 6.45) is 4.92. The summed E-state index contributed by atoms with van der Waals surface area (Å²) in [5.41, 5.74) is 0.932. The lowest BCUT2D eigenvalue weighted by molar-refractivity contribution is 0.477. The molecule has 19 heavy (non-hydrogen) atoms. The van der Waals surface area contributed by atoms with E-state index < -0.39 is 0 Å². The highest BCUT2D eigenvalue weighted by atomic mass is 35.5. The van der Waals surface area contributed by atoms with Crippen LogP contribution >= 0.6 is 11.6 Å². The monoisotopic (exact) mass is 277 g/mol. The normalized spacial score (nSPS) is 10.7. The highest BCUT2D eigenvalue weighted by molar-refractivity contribution is 6.30. The van der Waals surface area contributed by atoms with Crippen molar-refractivity contribution >= 4 is 11.6 Å². The number of aromatic nitrogens is 2. The van der Waals surface area contributed by atoms with E-state index in [2.05, 4.69) is 29.1 Å². The van der Waals surface area contributed by atoms with Crippen molar-refractivity contribution in [2.45, 2.75) is 26.4 Å². The molecule has 0 spiro atoms. The average Bonchev–Trinajstić information content (AvgIpc) is 2.37. The summed E-state index contributed by atoms with van der Waals surface area (Å²) in [6, 6.07) is 5.85. The second-order valence-corrected chi connectivity index (χ2v) is 4.90. The molecular weight excluding hydrogens is 262 g/mol. The molecule has 0 bridgehead atoms. The van der Waals surface area contributed by atoms with Gasteiger partial charge in [-0.05, 0) is 6.07 Å². The van der Waals surface area contributed by atoms with Gasteiger partial charge in [-0.2, -0.15) is 0 Å². The van der Waals surface area contributed by atoms with Crippen LogP contribution in [0.4, 0.5) is 0 Å². The number of hydrogen-bond donors (Lipinski definition) is 1. The molecule has 2 rings (SSSR count). The number of halogens is 1. The SMILES string of the molecule is CC(C)NCc1cc(Oc2cncc(Cl)c2)ccn1. The first kappa shape index (κ1) is 13.8. The van der Waals surface area contributed by atoms with Gasteiger partial charge in [0.2, 0.25) is 0 Å². The summed E-state index contributed by atoms with van der Waals surface area (Å²) in [5, 5.41) is 3.86. The van der Waals surface area contributed by atoms with E-state index in [1.54, 1.807) is 30.7 Å². The first-order valence-corrected chi connectivity index (χ1v) is 6.48. The minimum atomic E-state index is 0.420. The van der Waals surface area contributed by atoms with Gasteiger partial charge in [0.15, 0.2) is 0 Å². The molecule has 0 saturated carbocycles. The number of nitrogens with zero attached hydrogens (tertiary/aromatic N) is 2. The fourth-order valence-corrected chi connectivity index (χ4v) is 1.67. The van der Waals surface area contributed by atoms with E-state index in [1.165, 1.54) is 0 Å². The van der Waals surface area contributed by atoms with Crippen molar-refractivity contribution in [3.8, 4) is 11.5 Å². The van der Waals surface area contributed by atoms with E-state index >= 15 is 0 Å². The second-order valence-electron chi connectivity index (χ2n) is 4.46. The molecule has 2 aromatic heterocycles. The number of pyridine rings is 2. The molecule has 2 heterocycles. The van der Waals surface area contributed by atoms with Gasteiger partial charge in [0.05, 0.1) is 16.9 Å². The Morgan fingerprint density at radius 1 is 1.26 bits per heavy atom. The standard InChI is InChI=1S/C14H16ClN3O/c1-10(2)18-8-12-6-13(3-4-17-12)19-14-5-11(15)7-16-9-14/h3-7,9-10,18H,8H2,1-2H3. The van der Waals surface area contributed by atoms with Crippen molar-refractivity contribution in [3.63, 3.8) is 0 Å². The van der Waals surface area contributed by atoms with Crippen LogP contribution in [0.5, 0.6) is 11.5 Å². The molecule has 0 radical (unpaired) electrons. The zero-order chi connectivity index (χ0) is 13.7. The molecule has 4 nitrogen and oxygen atoms in total. The van der Waals surface area contributed by atoms with E-state index in [0.717, 1.165) is 11.4 Å². The Bertz CT molecular complexity index is 546. The third kappa shape index (κ3) is 4.50. The van der Waals surface area contributed by atoms with Gasteiger partial charge in [-0.1, -0.05) is 25.4 Å². The Morgan fingerprint density at radius 2 is 2.11 bits per heavy atom. The fourth-order valence-electron chi connectivity index (χ4n) is 1.51. The van der Waals surface area contributed by atoms with Crippen LogP contribution in [0.3, 0.4) is 0 Å². The second kappa shape index (κ2) is 6.50. The minimum Gasteiger partial charge on any atom is -0.456 e. The van der Waals surface area contributed by atoms with E-state index in [0.29, 0.717) is 23.4 Å². The predicted octanol–water partition coefficient (Wildman–Crippen LogP) is 3.42.